The van der Waals surface area contributed by atoms with Gasteiger partial charge in [-0.15, -0.1) is 10.2 Å². The Morgan fingerprint density at radius 2 is 1.78 bits per heavy atom. The van der Waals surface area contributed by atoms with Gasteiger partial charge in [-0.3, -0.25) is 18.6 Å². The second kappa shape index (κ2) is 11.0. The largest absolute Gasteiger partial charge is 0.356 e. The molecule has 1 aliphatic heterocycles. The number of hydrogen-bond donors (Lipinski definition) is 1. The van der Waals surface area contributed by atoms with Crippen molar-refractivity contribution in [3.05, 3.63) is 76.1 Å². The first-order chi connectivity index (χ1) is 17.6. The van der Waals surface area contributed by atoms with Crippen molar-refractivity contribution in [2.24, 2.45) is 0 Å². The molecule has 1 saturated heterocycles. The lowest BCUT2D eigenvalue weighted by Gasteiger charge is -2.26. The monoisotopic (exact) mass is 490 g/mol. The quantitative estimate of drug-likeness (QED) is 0.365. The molecule has 1 amide bonds. The van der Waals surface area contributed by atoms with Crippen LogP contribution in [0.5, 0.6) is 0 Å². The molecule has 2 aromatic heterocycles. The number of carbonyl (C=O) groups is 1. The van der Waals surface area contributed by atoms with Crippen LogP contribution in [0.25, 0.3) is 16.7 Å². The van der Waals surface area contributed by atoms with Gasteiger partial charge in [0, 0.05) is 19.4 Å². The third kappa shape index (κ3) is 5.31. The fraction of sp³-hybridized carbons (Fsp3) is 0.407. The predicted octanol–water partition coefficient (Wildman–Crippen LogP) is 3.16. The summed E-state index contributed by atoms with van der Waals surface area (Å²) in [6.45, 7) is 4.24. The van der Waals surface area contributed by atoms with E-state index in [1.165, 1.54) is 31.4 Å². The van der Waals surface area contributed by atoms with E-state index in [1.54, 1.807) is 22.8 Å². The van der Waals surface area contributed by atoms with Crippen LogP contribution in [0.4, 0.5) is 4.39 Å². The van der Waals surface area contributed by atoms with Crippen molar-refractivity contribution in [3.63, 3.8) is 0 Å². The molecular formula is C27H31FN6O2. The number of halogens is 1. The first-order valence-corrected chi connectivity index (χ1v) is 12.7. The normalized spacial score (nSPS) is 14.5. The van der Waals surface area contributed by atoms with Gasteiger partial charge in [0.2, 0.25) is 11.7 Å². The molecule has 1 N–H and O–H groups in total. The van der Waals surface area contributed by atoms with Crippen LogP contribution >= 0.6 is 0 Å². The fourth-order valence-electron chi connectivity index (χ4n) is 4.92. The lowest BCUT2D eigenvalue weighted by atomic mass is 10.1. The van der Waals surface area contributed by atoms with Crippen LogP contribution in [0.1, 0.15) is 43.5 Å². The van der Waals surface area contributed by atoms with Crippen LogP contribution in [-0.4, -0.2) is 56.2 Å². The summed E-state index contributed by atoms with van der Waals surface area (Å²) in [5.41, 5.74) is 1.30. The molecule has 188 valence electrons. The lowest BCUT2D eigenvalue weighted by Crippen LogP contribution is -2.33. The Bertz CT molecular complexity index is 1410. The van der Waals surface area contributed by atoms with Gasteiger partial charge in [0.1, 0.15) is 11.6 Å². The summed E-state index contributed by atoms with van der Waals surface area (Å²) in [5.74, 6) is 0.677. The van der Waals surface area contributed by atoms with Crippen molar-refractivity contribution in [3.8, 4) is 0 Å². The SMILES string of the molecule is O=C(CCc1nnc2n(Cc3ccc(F)cc3)c(=O)c3ccccc3n12)NCCCN1CCCCC1. The van der Waals surface area contributed by atoms with E-state index in [2.05, 4.69) is 20.4 Å². The van der Waals surface area contributed by atoms with Gasteiger partial charge in [0.15, 0.2) is 0 Å². The second-order valence-electron chi connectivity index (χ2n) is 9.39. The van der Waals surface area contributed by atoms with Crippen LogP contribution in [0, 0.1) is 5.82 Å². The average Bonchev–Trinajstić information content (AvgIpc) is 3.33. The smallest absolute Gasteiger partial charge is 0.263 e. The first-order valence-electron chi connectivity index (χ1n) is 12.7. The fourth-order valence-corrected chi connectivity index (χ4v) is 4.92. The molecule has 36 heavy (non-hydrogen) atoms. The number of carbonyl (C=O) groups excluding carboxylic acids is 1. The van der Waals surface area contributed by atoms with E-state index in [0.29, 0.717) is 35.5 Å². The molecule has 1 fully saturated rings. The van der Waals surface area contributed by atoms with Gasteiger partial charge >= 0.3 is 0 Å². The summed E-state index contributed by atoms with van der Waals surface area (Å²) in [6, 6.07) is 13.4. The first kappa shape index (κ1) is 24.1. The zero-order valence-electron chi connectivity index (χ0n) is 20.3. The van der Waals surface area contributed by atoms with Crippen molar-refractivity contribution in [2.45, 2.75) is 45.1 Å². The summed E-state index contributed by atoms with van der Waals surface area (Å²) < 4.78 is 16.8. The zero-order valence-corrected chi connectivity index (χ0v) is 20.3. The topological polar surface area (TPSA) is 84.5 Å². The van der Waals surface area contributed by atoms with E-state index in [9.17, 15) is 14.0 Å². The van der Waals surface area contributed by atoms with Crippen LogP contribution in [0.3, 0.4) is 0 Å². The summed E-state index contributed by atoms with van der Waals surface area (Å²) in [7, 11) is 0. The number of fused-ring (bicyclic) bond motifs is 3. The van der Waals surface area contributed by atoms with Crippen molar-refractivity contribution in [1.82, 2.24) is 29.4 Å². The van der Waals surface area contributed by atoms with E-state index in [-0.39, 0.29) is 30.2 Å². The Balaban J connectivity index is 1.31. The van der Waals surface area contributed by atoms with Crippen LogP contribution in [0.15, 0.2) is 53.3 Å². The third-order valence-electron chi connectivity index (χ3n) is 6.83. The summed E-state index contributed by atoms with van der Waals surface area (Å²) in [4.78, 5) is 28.3. The maximum atomic E-state index is 13.4. The van der Waals surface area contributed by atoms with E-state index in [1.807, 2.05) is 22.6 Å². The highest BCUT2D eigenvalue weighted by atomic mass is 19.1. The molecule has 3 heterocycles. The Labute approximate surface area is 208 Å². The molecule has 0 aliphatic carbocycles. The number of nitrogens with one attached hydrogen (secondary N) is 1. The molecule has 0 saturated carbocycles. The van der Waals surface area contributed by atoms with Crippen LogP contribution < -0.4 is 10.9 Å². The minimum atomic E-state index is -0.329. The number of rotatable bonds is 9. The number of likely N-dealkylation sites (tertiary alicyclic amines) is 1. The number of hydrogen-bond acceptors (Lipinski definition) is 5. The second-order valence-corrected chi connectivity index (χ2v) is 9.39. The molecular weight excluding hydrogens is 459 g/mol. The summed E-state index contributed by atoms with van der Waals surface area (Å²) >= 11 is 0. The molecule has 0 unspecified atom stereocenters. The number of para-hydroxylation sites is 1. The van der Waals surface area contributed by atoms with E-state index in [4.69, 9.17) is 0 Å². The molecule has 4 aromatic rings. The van der Waals surface area contributed by atoms with Gasteiger partial charge in [-0.2, -0.15) is 0 Å². The number of aromatic nitrogens is 4. The predicted molar refractivity (Wildman–Crippen MR) is 136 cm³/mol. The number of amides is 1. The number of nitrogens with zero attached hydrogens (tertiary/aromatic N) is 5. The molecule has 0 radical (unpaired) electrons. The number of aryl methyl sites for hydroxylation is 1. The van der Waals surface area contributed by atoms with Gasteiger partial charge in [-0.25, -0.2) is 4.39 Å². The molecule has 5 rings (SSSR count). The maximum Gasteiger partial charge on any atom is 0.263 e. The molecule has 8 nitrogen and oxygen atoms in total. The van der Waals surface area contributed by atoms with Gasteiger partial charge in [-0.05, 0) is 68.7 Å². The highest BCUT2D eigenvalue weighted by molar-refractivity contribution is 5.80. The molecule has 0 atom stereocenters. The average molecular weight is 491 g/mol. The lowest BCUT2D eigenvalue weighted by molar-refractivity contribution is -0.121. The highest BCUT2D eigenvalue weighted by Crippen LogP contribution is 2.17. The Hall–Kier alpha value is -3.59. The van der Waals surface area contributed by atoms with E-state index < -0.39 is 0 Å². The van der Waals surface area contributed by atoms with Crippen molar-refractivity contribution < 1.29 is 9.18 Å². The minimum Gasteiger partial charge on any atom is -0.356 e. The Morgan fingerprint density at radius 1 is 1.00 bits per heavy atom. The highest BCUT2D eigenvalue weighted by Gasteiger charge is 2.17. The summed E-state index contributed by atoms with van der Waals surface area (Å²) in [5, 5.41) is 12.2. The van der Waals surface area contributed by atoms with Crippen molar-refractivity contribution in [1.29, 1.82) is 0 Å². The van der Waals surface area contributed by atoms with E-state index >= 15 is 0 Å². The molecule has 9 heteroatoms. The molecule has 0 spiro atoms. The van der Waals surface area contributed by atoms with Crippen LogP contribution in [-0.2, 0) is 17.8 Å². The standard InChI is InChI=1S/C27H31FN6O2/c28-21-11-9-20(10-12-21)19-33-26(36)22-7-2-3-8-23(22)34-24(30-31-27(33)34)13-14-25(35)29-15-6-18-32-16-4-1-5-17-32/h2-3,7-12H,1,4-6,13-19H2,(H,29,35). The number of piperidine rings is 1. The Kier molecular flexibility index (Phi) is 7.36. The van der Waals surface area contributed by atoms with Gasteiger partial charge in [0.25, 0.3) is 5.56 Å². The third-order valence-corrected chi connectivity index (χ3v) is 6.83. The van der Waals surface area contributed by atoms with Crippen molar-refractivity contribution >= 4 is 22.6 Å². The van der Waals surface area contributed by atoms with Gasteiger partial charge in [-0.1, -0.05) is 30.7 Å². The molecule has 0 bridgehead atoms. The minimum absolute atomic E-state index is 0.0191. The van der Waals surface area contributed by atoms with Gasteiger partial charge in [0.05, 0.1) is 17.4 Å². The molecule has 1 aliphatic rings. The number of benzene rings is 2. The van der Waals surface area contributed by atoms with Crippen LogP contribution in [0.2, 0.25) is 0 Å². The van der Waals surface area contributed by atoms with Gasteiger partial charge < -0.3 is 10.2 Å². The van der Waals surface area contributed by atoms with E-state index in [0.717, 1.165) is 31.6 Å². The zero-order chi connectivity index (χ0) is 24.9. The Morgan fingerprint density at radius 3 is 2.58 bits per heavy atom. The maximum absolute atomic E-state index is 13.4. The molecule has 2 aromatic carbocycles. The van der Waals surface area contributed by atoms with Crippen molar-refractivity contribution in [2.75, 3.05) is 26.2 Å². The summed E-state index contributed by atoms with van der Waals surface area (Å²) in [6.07, 6.45) is 5.49.